The number of carbonyl (C=O) groups excluding carboxylic acids is 2. The first-order valence-electron chi connectivity index (χ1n) is 9.30. The first-order chi connectivity index (χ1) is 13.7. The van der Waals surface area contributed by atoms with Crippen molar-refractivity contribution in [3.05, 3.63) is 108 Å². The number of ether oxygens (including phenoxy) is 1. The molecule has 0 saturated heterocycles. The number of carbonyl (C=O) groups is 2. The highest BCUT2D eigenvalue weighted by Gasteiger charge is 2.50. The van der Waals surface area contributed by atoms with Crippen molar-refractivity contribution in [1.82, 2.24) is 5.32 Å². The number of esters is 1. The molecule has 0 aliphatic rings. The van der Waals surface area contributed by atoms with Gasteiger partial charge >= 0.3 is 5.97 Å². The Kier molecular flexibility index (Phi) is 6.22. The van der Waals surface area contributed by atoms with Crippen LogP contribution >= 0.6 is 0 Å². The largest absolute Gasteiger partial charge is 0.465 e. The van der Waals surface area contributed by atoms with Gasteiger partial charge in [-0.15, -0.1) is 0 Å². The van der Waals surface area contributed by atoms with Crippen LogP contribution in [-0.2, 0) is 26.3 Å². The topological polar surface area (TPSA) is 55.4 Å². The Morgan fingerprint density at radius 1 is 0.786 bits per heavy atom. The average Bonchev–Trinajstić information content (AvgIpc) is 2.75. The van der Waals surface area contributed by atoms with E-state index in [0.29, 0.717) is 17.7 Å². The molecule has 0 heterocycles. The molecule has 0 spiro atoms. The first kappa shape index (κ1) is 19.4. The molecule has 0 aromatic heterocycles. The summed E-state index contributed by atoms with van der Waals surface area (Å²) in [7, 11) is 0. The number of rotatable bonds is 7. The molecule has 0 atom stereocenters. The van der Waals surface area contributed by atoms with Gasteiger partial charge in [0.2, 0.25) is 5.91 Å². The van der Waals surface area contributed by atoms with Crippen molar-refractivity contribution < 1.29 is 14.3 Å². The SMILES string of the molecule is CCOC(=O)C(C(=O)NCc1ccccc1)(c1ccccc1)c1ccccc1. The van der Waals surface area contributed by atoms with Crippen molar-refractivity contribution in [2.45, 2.75) is 18.9 Å². The van der Waals surface area contributed by atoms with Gasteiger partial charge in [-0.3, -0.25) is 9.59 Å². The van der Waals surface area contributed by atoms with Crippen molar-refractivity contribution >= 4 is 11.9 Å². The van der Waals surface area contributed by atoms with E-state index in [-0.39, 0.29) is 6.61 Å². The summed E-state index contributed by atoms with van der Waals surface area (Å²) in [4.78, 5) is 26.8. The van der Waals surface area contributed by atoms with E-state index in [4.69, 9.17) is 4.74 Å². The van der Waals surface area contributed by atoms with Gasteiger partial charge in [0.15, 0.2) is 5.41 Å². The summed E-state index contributed by atoms with van der Waals surface area (Å²) in [6.07, 6.45) is 0. The van der Waals surface area contributed by atoms with Gasteiger partial charge in [-0.25, -0.2) is 0 Å². The Balaban J connectivity index is 2.09. The van der Waals surface area contributed by atoms with E-state index in [1.54, 1.807) is 31.2 Å². The molecule has 0 aliphatic heterocycles. The Hall–Kier alpha value is -3.40. The van der Waals surface area contributed by atoms with Gasteiger partial charge in [0.05, 0.1) is 6.61 Å². The molecule has 142 valence electrons. The minimum Gasteiger partial charge on any atom is -0.465 e. The molecule has 0 aliphatic carbocycles. The molecule has 1 amide bonds. The quantitative estimate of drug-likeness (QED) is 0.505. The van der Waals surface area contributed by atoms with Gasteiger partial charge in [0, 0.05) is 6.54 Å². The van der Waals surface area contributed by atoms with Crippen LogP contribution in [0.3, 0.4) is 0 Å². The third kappa shape index (κ3) is 3.81. The van der Waals surface area contributed by atoms with E-state index in [1.165, 1.54) is 0 Å². The van der Waals surface area contributed by atoms with Gasteiger partial charge in [-0.1, -0.05) is 91.0 Å². The fraction of sp³-hybridized carbons (Fsp3) is 0.167. The molecule has 0 radical (unpaired) electrons. The summed E-state index contributed by atoms with van der Waals surface area (Å²) in [5.41, 5.74) is 0.526. The zero-order valence-electron chi connectivity index (χ0n) is 15.8. The standard InChI is InChI=1S/C24H23NO3/c1-2-28-23(27)24(20-14-8-4-9-15-20,21-16-10-5-11-17-21)22(26)25-18-19-12-6-3-7-13-19/h3-17H,2,18H2,1H3,(H,25,26). The highest BCUT2D eigenvalue weighted by Crippen LogP contribution is 2.34. The van der Waals surface area contributed by atoms with E-state index in [1.807, 2.05) is 66.7 Å². The van der Waals surface area contributed by atoms with Gasteiger partial charge in [-0.2, -0.15) is 0 Å². The maximum absolute atomic E-state index is 13.5. The third-order valence-corrected chi connectivity index (χ3v) is 4.63. The summed E-state index contributed by atoms with van der Waals surface area (Å²) >= 11 is 0. The van der Waals surface area contributed by atoms with Gasteiger partial charge in [0.25, 0.3) is 0 Å². The Morgan fingerprint density at radius 2 is 1.25 bits per heavy atom. The van der Waals surface area contributed by atoms with Crippen LogP contribution in [0.5, 0.6) is 0 Å². The van der Waals surface area contributed by atoms with Gasteiger partial charge in [-0.05, 0) is 23.6 Å². The molecule has 4 nitrogen and oxygen atoms in total. The van der Waals surface area contributed by atoms with Crippen LogP contribution in [0.25, 0.3) is 0 Å². The van der Waals surface area contributed by atoms with Gasteiger partial charge in [0.1, 0.15) is 0 Å². The second-order valence-corrected chi connectivity index (χ2v) is 6.37. The maximum atomic E-state index is 13.5. The van der Waals surface area contributed by atoms with E-state index < -0.39 is 17.3 Å². The van der Waals surface area contributed by atoms with E-state index in [9.17, 15) is 9.59 Å². The Labute approximate surface area is 165 Å². The summed E-state index contributed by atoms with van der Waals surface area (Å²) in [6.45, 7) is 2.24. The molecule has 28 heavy (non-hydrogen) atoms. The van der Waals surface area contributed by atoms with Crippen LogP contribution in [-0.4, -0.2) is 18.5 Å². The monoisotopic (exact) mass is 373 g/mol. The molecule has 0 saturated carbocycles. The molecule has 3 aromatic rings. The lowest BCUT2D eigenvalue weighted by atomic mass is 9.73. The predicted octanol–water partition coefficient (Wildman–Crippen LogP) is 3.85. The highest BCUT2D eigenvalue weighted by atomic mass is 16.5. The fourth-order valence-corrected chi connectivity index (χ4v) is 3.28. The molecule has 0 fully saturated rings. The minimum atomic E-state index is -1.58. The second kappa shape index (κ2) is 9.00. The molecule has 4 heteroatoms. The van der Waals surface area contributed by atoms with Crippen LogP contribution in [0.15, 0.2) is 91.0 Å². The molecular formula is C24H23NO3. The van der Waals surface area contributed by atoms with Crippen LogP contribution < -0.4 is 5.32 Å². The molecule has 1 N–H and O–H groups in total. The number of nitrogens with one attached hydrogen (secondary N) is 1. The van der Waals surface area contributed by atoms with Crippen LogP contribution in [0.4, 0.5) is 0 Å². The summed E-state index contributed by atoms with van der Waals surface area (Å²) in [5, 5.41) is 2.94. The predicted molar refractivity (Wildman–Crippen MR) is 109 cm³/mol. The lowest BCUT2D eigenvalue weighted by Gasteiger charge is -2.31. The number of benzene rings is 3. The molecule has 0 unspecified atom stereocenters. The van der Waals surface area contributed by atoms with Gasteiger partial charge < -0.3 is 10.1 Å². The normalized spacial score (nSPS) is 10.9. The van der Waals surface area contributed by atoms with Crippen molar-refractivity contribution in [1.29, 1.82) is 0 Å². The lowest BCUT2D eigenvalue weighted by Crippen LogP contribution is -2.51. The Bertz CT molecular complexity index is 869. The molecule has 3 aromatic carbocycles. The summed E-state index contributed by atoms with van der Waals surface area (Å²) < 4.78 is 5.39. The first-order valence-corrected chi connectivity index (χ1v) is 9.30. The number of hydrogen-bond donors (Lipinski definition) is 1. The van der Waals surface area contributed by atoms with Crippen molar-refractivity contribution in [2.24, 2.45) is 0 Å². The fourth-order valence-electron chi connectivity index (χ4n) is 3.28. The summed E-state index contributed by atoms with van der Waals surface area (Å²) in [5.74, 6) is -0.995. The van der Waals surface area contributed by atoms with Crippen LogP contribution in [0, 0.1) is 0 Å². The van der Waals surface area contributed by atoms with E-state index >= 15 is 0 Å². The third-order valence-electron chi connectivity index (χ3n) is 4.63. The van der Waals surface area contributed by atoms with Crippen LogP contribution in [0.1, 0.15) is 23.6 Å². The molecular weight excluding hydrogens is 350 g/mol. The van der Waals surface area contributed by atoms with E-state index in [2.05, 4.69) is 5.32 Å². The Morgan fingerprint density at radius 3 is 1.71 bits per heavy atom. The molecule has 0 bridgehead atoms. The zero-order valence-corrected chi connectivity index (χ0v) is 15.8. The molecule has 3 rings (SSSR count). The maximum Gasteiger partial charge on any atom is 0.330 e. The second-order valence-electron chi connectivity index (χ2n) is 6.37. The smallest absolute Gasteiger partial charge is 0.330 e. The van der Waals surface area contributed by atoms with E-state index in [0.717, 1.165) is 5.56 Å². The van der Waals surface area contributed by atoms with Crippen molar-refractivity contribution in [3.8, 4) is 0 Å². The summed E-state index contributed by atoms with van der Waals surface area (Å²) in [6, 6.07) is 27.7. The minimum absolute atomic E-state index is 0.187. The lowest BCUT2D eigenvalue weighted by molar-refractivity contribution is -0.152. The zero-order chi connectivity index (χ0) is 19.8. The highest BCUT2D eigenvalue weighted by molar-refractivity contribution is 6.12. The van der Waals surface area contributed by atoms with Crippen LogP contribution in [0.2, 0.25) is 0 Å². The number of amides is 1. The average molecular weight is 373 g/mol. The van der Waals surface area contributed by atoms with Crippen molar-refractivity contribution in [3.63, 3.8) is 0 Å². The van der Waals surface area contributed by atoms with Crippen molar-refractivity contribution in [2.75, 3.05) is 6.61 Å². The number of hydrogen-bond acceptors (Lipinski definition) is 3.